The first kappa shape index (κ1) is 16.1. The van der Waals surface area contributed by atoms with Crippen LogP contribution in [0.4, 0.5) is 4.39 Å². The first-order chi connectivity index (χ1) is 9.21. The first-order valence-electron chi connectivity index (χ1n) is 5.57. The predicted molar refractivity (Wildman–Crippen MR) is 68.4 cm³/mol. The zero-order valence-corrected chi connectivity index (χ0v) is 11.8. The molecule has 1 N–H and O–H groups in total. The van der Waals surface area contributed by atoms with Gasteiger partial charge in [-0.2, -0.15) is 4.57 Å². The van der Waals surface area contributed by atoms with E-state index in [2.05, 4.69) is 0 Å². The minimum absolute atomic E-state index is 0.215. The fourth-order valence-corrected chi connectivity index (χ4v) is 2.09. The number of nitrogens with zero attached hydrogens (tertiary/aromatic N) is 1. The molecule has 0 fully saturated rings. The van der Waals surface area contributed by atoms with E-state index in [0.29, 0.717) is 5.56 Å². The molecule has 1 aromatic heterocycles. The van der Waals surface area contributed by atoms with Crippen molar-refractivity contribution in [1.82, 2.24) is 0 Å². The number of aryl methyl sites for hydroxylation is 2. The van der Waals surface area contributed by atoms with Crippen molar-refractivity contribution >= 4 is 10.1 Å². The number of hydrogen-bond acceptors (Lipinski definition) is 4. The van der Waals surface area contributed by atoms with Gasteiger partial charge in [0.25, 0.3) is 0 Å². The number of hydrogen-bond donors (Lipinski definition) is 1. The van der Waals surface area contributed by atoms with E-state index in [1.807, 2.05) is 0 Å². The molecule has 2 rings (SSSR count). The van der Waals surface area contributed by atoms with Crippen LogP contribution in [0, 0.1) is 12.9 Å². The van der Waals surface area contributed by atoms with Crippen LogP contribution in [0.3, 0.4) is 0 Å². The van der Waals surface area contributed by atoms with Crippen LogP contribution in [-0.2, 0) is 17.2 Å². The van der Waals surface area contributed by atoms with Crippen LogP contribution in [0.1, 0.15) is 5.56 Å². The van der Waals surface area contributed by atoms with E-state index < -0.39 is 10.1 Å². The van der Waals surface area contributed by atoms with Crippen LogP contribution < -0.4 is 4.57 Å². The van der Waals surface area contributed by atoms with E-state index in [-0.39, 0.29) is 16.6 Å². The zero-order valence-electron chi connectivity index (χ0n) is 10.9. The number of phenolic OH excluding ortho intramolecular Hbond substituents is 1. The van der Waals surface area contributed by atoms with Gasteiger partial charge in [0.2, 0.25) is 0 Å². The van der Waals surface area contributed by atoms with E-state index in [1.54, 1.807) is 25.4 Å². The average Bonchev–Trinajstić information content (AvgIpc) is 2.35. The Morgan fingerprint density at radius 2 is 1.90 bits per heavy atom. The van der Waals surface area contributed by atoms with Gasteiger partial charge in [-0.3, -0.25) is 0 Å². The molecule has 0 aliphatic heterocycles. The lowest BCUT2D eigenvalue weighted by molar-refractivity contribution is -0.700. The minimum atomic E-state index is -4.47. The summed E-state index contributed by atoms with van der Waals surface area (Å²) in [6.45, 7) is 1.49. The van der Waals surface area contributed by atoms with Gasteiger partial charge in [-0.1, -0.05) is 6.07 Å². The first-order valence-corrected chi connectivity index (χ1v) is 6.98. The highest BCUT2D eigenvalue weighted by atomic mass is 32.2. The highest BCUT2D eigenvalue weighted by Gasteiger charge is 2.05. The van der Waals surface area contributed by atoms with Crippen LogP contribution in [-0.4, -0.2) is 18.1 Å². The summed E-state index contributed by atoms with van der Waals surface area (Å²) in [5.41, 5.74) is 0.336. The van der Waals surface area contributed by atoms with Gasteiger partial charge in [-0.15, -0.1) is 4.39 Å². The smallest absolute Gasteiger partial charge is 0.359 e. The highest BCUT2D eigenvalue weighted by molar-refractivity contribution is 7.85. The third-order valence-corrected chi connectivity index (χ3v) is 3.41. The van der Waals surface area contributed by atoms with Crippen molar-refractivity contribution < 1.29 is 27.0 Å². The zero-order chi connectivity index (χ0) is 15.3. The standard InChI is InChI=1S/C7H8O4S.C6H7FN/c1-5-2-3-6(8)4-7(5)12(9,10)11;1-8-5-3-2-4-6(8)7/h2-4,8H,1H3,(H,9,10,11);2-5H,1H3/q;+1/p-1. The SMILES string of the molecule is C[n+]1ccccc1F.Cc1ccc(O)cc1S(=O)(=O)[O-]. The summed E-state index contributed by atoms with van der Waals surface area (Å²) in [7, 11) is -2.80. The molecule has 5 nitrogen and oxygen atoms in total. The van der Waals surface area contributed by atoms with Gasteiger partial charge >= 0.3 is 5.95 Å². The third kappa shape index (κ3) is 4.60. The van der Waals surface area contributed by atoms with E-state index in [1.165, 1.54) is 29.7 Å². The van der Waals surface area contributed by atoms with Crippen molar-refractivity contribution in [2.45, 2.75) is 11.8 Å². The van der Waals surface area contributed by atoms with Crippen molar-refractivity contribution in [2.75, 3.05) is 0 Å². The Labute approximate surface area is 116 Å². The Bertz CT molecular complexity index is 680. The van der Waals surface area contributed by atoms with Gasteiger partial charge < -0.3 is 9.66 Å². The van der Waals surface area contributed by atoms with Gasteiger partial charge in [-0.05, 0) is 30.7 Å². The van der Waals surface area contributed by atoms with Crippen molar-refractivity contribution in [3.8, 4) is 5.75 Å². The molecule has 0 saturated carbocycles. The van der Waals surface area contributed by atoms with Gasteiger partial charge in [0, 0.05) is 12.1 Å². The van der Waals surface area contributed by atoms with Crippen LogP contribution in [0.5, 0.6) is 5.75 Å². The van der Waals surface area contributed by atoms with Gasteiger partial charge in [0.1, 0.15) is 22.9 Å². The monoisotopic (exact) mass is 299 g/mol. The second-order valence-electron chi connectivity index (χ2n) is 4.04. The summed E-state index contributed by atoms with van der Waals surface area (Å²) in [5, 5.41) is 8.90. The number of pyridine rings is 1. The van der Waals surface area contributed by atoms with Crippen LogP contribution in [0.25, 0.3) is 0 Å². The van der Waals surface area contributed by atoms with Crippen molar-refractivity contribution in [1.29, 1.82) is 0 Å². The van der Waals surface area contributed by atoms with Crippen molar-refractivity contribution in [3.63, 3.8) is 0 Å². The lowest BCUT2D eigenvalue weighted by Gasteiger charge is -2.09. The minimum Gasteiger partial charge on any atom is -0.744 e. The summed E-state index contributed by atoms with van der Waals surface area (Å²) >= 11 is 0. The molecule has 0 radical (unpaired) electrons. The number of aromatic nitrogens is 1. The average molecular weight is 299 g/mol. The molecule has 0 bridgehead atoms. The molecule has 20 heavy (non-hydrogen) atoms. The number of aromatic hydroxyl groups is 1. The van der Waals surface area contributed by atoms with E-state index in [9.17, 15) is 17.4 Å². The Balaban J connectivity index is 0.000000217. The van der Waals surface area contributed by atoms with Crippen molar-refractivity contribution in [2.24, 2.45) is 7.05 Å². The Hall–Kier alpha value is -1.99. The molecule has 0 saturated heterocycles. The Kier molecular flexibility index (Phi) is 5.18. The summed E-state index contributed by atoms with van der Waals surface area (Å²) in [4.78, 5) is -0.373. The number of rotatable bonds is 1. The third-order valence-electron chi connectivity index (χ3n) is 2.43. The van der Waals surface area contributed by atoms with Gasteiger partial charge in [0.15, 0.2) is 6.20 Å². The van der Waals surface area contributed by atoms with E-state index in [0.717, 1.165) is 6.07 Å². The molecular formula is C13H14FNO4S. The second-order valence-corrected chi connectivity index (χ2v) is 5.39. The number of halogens is 1. The molecular weight excluding hydrogens is 285 g/mol. The summed E-state index contributed by atoms with van der Waals surface area (Å²) in [6, 6.07) is 8.50. The molecule has 1 aromatic carbocycles. The maximum Gasteiger partial charge on any atom is 0.359 e. The Morgan fingerprint density at radius 1 is 1.25 bits per heavy atom. The van der Waals surface area contributed by atoms with Crippen molar-refractivity contribution in [3.05, 3.63) is 54.1 Å². The molecule has 0 amide bonds. The fourth-order valence-electron chi connectivity index (χ4n) is 1.36. The highest BCUT2D eigenvalue weighted by Crippen LogP contribution is 2.19. The maximum atomic E-state index is 12.3. The van der Waals surface area contributed by atoms with Gasteiger partial charge in [0.05, 0.1) is 4.90 Å². The molecule has 0 aliphatic rings. The lowest BCUT2D eigenvalue weighted by Crippen LogP contribution is -2.31. The second kappa shape index (κ2) is 6.44. The normalized spacial score (nSPS) is 10.6. The molecule has 0 aliphatic carbocycles. The quantitative estimate of drug-likeness (QED) is 0.488. The fraction of sp³-hybridized carbons (Fsp3) is 0.154. The molecule has 7 heteroatoms. The molecule has 0 spiro atoms. The summed E-state index contributed by atoms with van der Waals surface area (Å²) in [6.07, 6.45) is 1.66. The molecule has 2 aromatic rings. The topological polar surface area (TPSA) is 81.3 Å². The maximum absolute atomic E-state index is 12.3. The lowest BCUT2D eigenvalue weighted by atomic mass is 10.2. The molecule has 108 valence electrons. The summed E-state index contributed by atoms with van der Waals surface area (Å²) in [5.74, 6) is -0.442. The number of benzene rings is 1. The van der Waals surface area contributed by atoms with Gasteiger partial charge in [-0.25, -0.2) is 8.42 Å². The summed E-state index contributed by atoms with van der Waals surface area (Å²) < 4.78 is 45.3. The molecule has 0 atom stereocenters. The predicted octanol–water partition coefficient (Wildman–Crippen LogP) is 1.25. The molecule has 0 unspecified atom stereocenters. The van der Waals surface area contributed by atoms with Crippen LogP contribution >= 0.6 is 0 Å². The van der Waals surface area contributed by atoms with Crippen LogP contribution in [0.2, 0.25) is 0 Å². The number of phenols is 1. The Morgan fingerprint density at radius 3 is 2.30 bits per heavy atom. The molecule has 1 heterocycles. The van der Waals surface area contributed by atoms with E-state index in [4.69, 9.17) is 5.11 Å². The largest absolute Gasteiger partial charge is 0.744 e. The van der Waals surface area contributed by atoms with Crippen LogP contribution in [0.15, 0.2) is 47.5 Å². The van der Waals surface area contributed by atoms with E-state index >= 15 is 0 Å².